The first kappa shape index (κ1) is 21.0. The lowest BCUT2D eigenvalue weighted by atomic mass is 10.0. The molecule has 1 aliphatic rings. The number of hydrogen-bond acceptors (Lipinski definition) is 7. The number of rotatable bonds is 5. The Kier molecular flexibility index (Phi) is 5.80. The Morgan fingerprint density at radius 2 is 2.17 bits per heavy atom. The molecule has 2 aromatic rings. The summed E-state index contributed by atoms with van der Waals surface area (Å²) in [5.74, 6) is -2.25. The van der Waals surface area contributed by atoms with Gasteiger partial charge in [-0.2, -0.15) is 13.2 Å². The first-order valence-corrected chi connectivity index (χ1v) is 9.33. The Morgan fingerprint density at radius 1 is 1.45 bits per heavy atom. The number of aryl methyl sites for hydroxylation is 1. The Morgan fingerprint density at radius 3 is 2.72 bits per heavy atom. The van der Waals surface area contributed by atoms with Crippen molar-refractivity contribution < 1.29 is 32.6 Å². The van der Waals surface area contributed by atoms with Gasteiger partial charge in [0, 0.05) is 20.2 Å². The molecule has 0 aliphatic carbocycles. The average molecular weight is 433 g/mol. The highest BCUT2D eigenvalue weighted by molar-refractivity contribution is 7.17. The van der Waals surface area contributed by atoms with E-state index < -0.39 is 41.7 Å². The highest BCUT2D eigenvalue weighted by Gasteiger charge is 2.35. The van der Waals surface area contributed by atoms with E-state index in [1.165, 1.54) is 7.11 Å². The van der Waals surface area contributed by atoms with E-state index in [-0.39, 0.29) is 4.88 Å². The molecule has 0 bridgehead atoms. The number of thiazole rings is 1. The maximum absolute atomic E-state index is 12.7. The SMILES string of the molecule is CO[C@H]1CN(c2nc(C)c(C(=O)O)s2)CCC1NC(=O)c1ncc(C(F)(F)F)[nH]1. The standard InChI is InChI=1S/C16H18F3N5O4S/c1-7-11(14(26)27)29-15(21-7)24-4-3-8(9(6-24)28-2)22-13(25)12-20-5-10(23-12)16(17,18)19/h5,8-9H,3-4,6H2,1-2H3,(H,20,23)(H,22,25)(H,26,27)/t8?,9-/m0/s1. The number of alkyl halides is 3. The van der Waals surface area contributed by atoms with Crippen LogP contribution in [0.1, 0.15) is 38.1 Å². The number of aromatic nitrogens is 3. The van der Waals surface area contributed by atoms with E-state index in [1.807, 2.05) is 9.88 Å². The molecule has 2 aromatic heterocycles. The second kappa shape index (κ2) is 7.99. The van der Waals surface area contributed by atoms with Crippen molar-refractivity contribution in [1.29, 1.82) is 0 Å². The maximum Gasteiger partial charge on any atom is 0.432 e. The summed E-state index contributed by atoms with van der Waals surface area (Å²) in [6.07, 6.45) is -4.09. The Hall–Kier alpha value is -2.67. The van der Waals surface area contributed by atoms with E-state index in [2.05, 4.69) is 15.3 Å². The molecule has 3 heterocycles. The lowest BCUT2D eigenvalue weighted by molar-refractivity contribution is -0.140. The smallest absolute Gasteiger partial charge is 0.432 e. The zero-order valence-corrected chi connectivity index (χ0v) is 16.2. The molecule has 3 N–H and O–H groups in total. The minimum absolute atomic E-state index is 0.155. The van der Waals surface area contributed by atoms with Crippen molar-refractivity contribution in [3.63, 3.8) is 0 Å². The number of nitrogens with zero attached hydrogens (tertiary/aromatic N) is 3. The van der Waals surface area contributed by atoms with Crippen LogP contribution in [0.2, 0.25) is 0 Å². The quantitative estimate of drug-likeness (QED) is 0.659. The molecular formula is C16H18F3N5O4S. The van der Waals surface area contributed by atoms with Crippen LogP contribution >= 0.6 is 11.3 Å². The van der Waals surface area contributed by atoms with Crippen LogP contribution in [0.5, 0.6) is 0 Å². The number of carboxylic acids is 1. The molecule has 1 unspecified atom stereocenters. The van der Waals surface area contributed by atoms with Crippen molar-refractivity contribution in [2.24, 2.45) is 0 Å². The van der Waals surface area contributed by atoms with Gasteiger partial charge in [-0.3, -0.25) is 4.79 Å². The minimum atomic E-state index is -4.62. The summed E-state index contributed by atoms with van der Waals surface area (Å²) in [7, 11) is 1.46. The number of ether oxygens (including phenoxy) is 1. The number of carboxylic acid groups (broad SMARTS) is 1. The van der Waals surface area contributed by atoms with E-state index >= 15 is 0 Å². The van der Waals surface area contributed by atoms with Crippen molar-refractivity contribution in [1.82, 2.24) is 20.3 Å². The van der Waals surface area contributed by atoms with Gasteiger partial charge in [0.15, 0.2) is 11.0 Å². The van der Waals surface area contributed by atoms with Gasteiger partial charge in [0.25, 0.3) is 5.91 Å². The van der Waals surface area contributed by atoms with Crippen LogP contribution in [0.15, 0.2) is 6.20 Å². The van der Waals surface area contributed by atoms with E-state index in [0.717, 1.165) is 11.3 Å². The van der Waals surface area contributed by atoms with Crippen molar-refractivity contribution in [2.45, 2.75) is 31.7 Å². The highest BCUT2D eigenvalue weighted by Crippen LogP contribution is 2.29. The summed E-state index contributed by atoms with van der Waals surface area (Å²) in [6.45, 7) is 2.41. The van der Waals surface area contributed by atoms with E-state index in [9.17, 15) is 27.9 Å². The number of carbonyl (C=O) groups excluding carboxylic acids is 1. The molecule has 158 valence electrons. The molecule has 2 atom stereocenters. The van der Waals surface area contributed by atoms with Crippen LogP contribution in [0.4, 0.5) is 18.3 Å². The fourth-order valence-corrected chi connectivity index (χ4v) is 3.97. The molecule has 0 spiro atoms. The van der Waals surface area contributed by atoms with Gasteiger partial charge in [0.05, 0.1) is 24.0 Å². The van der Waals surface area contributed by atoms with Crippen LogP contribution in [-0.2, 0) is 10.9 Å². The van der Waals surface area contributed by atoms with E-state index in [4.69, 9.17) is 4.74 Å². The van der Waals surface area contributed by atoms with Crippen LogP contribution in [0.25, 0.3) is 0 Å². The molecule has 1 fully saturated rings. The Balaban J connectivity index is 1.67. The van der Waals surface area contributed by atoms with Crippen LogP contribution < -0.4 is 10.2 Å². The zero-order valence-electron chi connectivity index (χ0n) is 15.4. The van der Waals surface area contributed by atoms with E-state index in [1.54, 1.807) is 6.92 Å². The number of anilines is 1. The molecule has 9 nitrogen and oxygen atoms in total. The first-order valence-electron chi connectivity index (χ1n) is 8.51. The third-order valence-electron chi connectivity index (χ3n) is 4.52. The largest absolute Gasteiger partial charge is 0.477 e. The van der Waals surface area contributed by atoms with Gasteiger partial charge >= 0.3 is 12.1 Å². The second-order valence-corrected chi connectivity index (χ2v) is 7.43. The number of imidazole rings is 1. The number of halogens is 3. The molecule has 13 heteroatoms. The lowest BCUT2D eigenvalue weighted by Crippen LogP contribution is -2.55. The Bertz CT molecular complexity index is 913. The molecule has 0 radical (unpaired) electrons. The number of amides is 1. The summed E-state index contributed by atoms with van der Waals surface area (Å²) >= 11 is 1.05. The van der Waals surface area contributed by atoms with Crippen LogP contribution in [0, 0.1) is 6.92 Å². The Labute approximate surface area is 166 Å². The van der Waals surface area contributed by atoms with Crippen LogP contribution in [0.3, 0.4) is 0 Å². The van der Waals surface area contributed by atoms with Gasteiger partial charge in [-0.25, -0.2) is 14.8 Å². The number of aromatic amines is 1. The fourth-order valence-electron chi connectivity index (χ4n) is 3.03. The van der Waals surface area contributed by atoms with Crippen molar-refractivity contribution >= 4 is 28.3 Å². The summed E-state index contributed by atoms with van der Waals surface area (Å²) in [4.78, 5) is 35.2. The first-order chi connectivity index (χ1) is 13.6. The van der Waals surface area contributed by atoms with Gasteiger partial charge in [-0.15, -0.1) is 0 Å². The molecule has 1 amide bonds. The summed E-state index contributed by atoms with van der Waals surface area (Å²) < 4.78 is 43.4. The number of methoxy groups -OCH3 is 1. The highest BCUT2D eigenvalue weighted by atomic mass is 32.1. The summed E-state index contributed by atoms with van der Waals surface area (Å²) in [5.41, 5.74) is -0.686. The van der Waals surface area contributed by atoms with Gasteiger partial charge in [-0.05, 0) is 13.3 Å². The van der Waals surface area contributed by atoms with Gasteiger partial charge in [0.1, 0.15) is 10.6 Å². The minimum Gasteiger partial charge on any atom is -0.477 e. The second-order valence-electron chi connectivity index (χ2n) is 6.45. The van der Waals surface area contributed by atoms with Gasteiger partial charge in [-0.1, -0.05) is 11.3 Å². The average Bonchev–Trinajstić information content (AvgIpc) is 3.29. The third kappa shape index (κ3) is 4.50. The van der Waals surface area contributed by atoms with Crippen molar-refractivity contribution in [3.05, 3.63) is 28.3 Å². The molecule has 0 aromatic carbocycles. The molecule has 1 aliphatic heterocycles. The zero-order chi connectivity index (χ0) is 21.3. The number of nitrogens with one attached hydrogen (secondary N) is 2. The van der Waals surface area contributed by atoms with E-state index in [0.29, 0.717) is 36.5 Å². The third-order valence-corrected chi connectivity index (χ3v) is 5.73. The molecule has 29 heavy (non-hydrogen) atoms. The van der Waals surface area contributed by atoms with Crippen molar-refractivity contribution in [3.8, 4) is 0 Å². The summed E-state index contributed by atoms with van der Waals surface area (Å²) in [5, 5.41) is 12.4. The number of piperidine rings is 1. The monoisotopic (exact) mass is 433 g/mol. The predicted molar refractivity (Wildman–Crippen MR) is 96.3 cm³/mol. The number of carbonyl (C=O) groups is 2. The van der Waals surface area contributed by atoms with Crippen LogP contribution in [-0.4, -0.2) is 64.3 Å². The van der Waals surface area contributed by atoms with Gasteiger partial charge < -0.3 is 25.0 Å². The lowest BCUT2D eigenvalue weighted by Gasteiger charge is -2.37. The maximum atomic E-state index is 12.7. The summed E-state index contributed by atoms with van der Waals surface area (Å²) in [6, 6.07) is -0.455. The number of H-pyrrole nitrogens is 1. The number of hydrogen-bond donors (Lipinski definition) is 3. The fraction of sp³-hybridized carbons (Fsp3) is 0.500. The van der Waals surface area contributed by atoms with Gasteiger partial charge in [0.2, 0.25) is 0 Å². The topological polar surface area (TPSA) is 120 Å². The molecule has 3 rings (SSSR count). The predicted octanol–water partition coefficient (Wildman–Crippen LogP) is 1.92. The molecular weight excluding hydrogens is 415 g/mol. The van der Waals surface area contributed by atoms with Crippen molar-refractivity contribution in [2.75, 3.05) is 25.1 Å². The molecule has 1 saturated heterocycles. The number of aromatic carboxylic acids is 1. The molecule has 0 saturated carbocycles. The normalized spacial score (nSPS) is 20.0.